The summed E-state index contributed by atoms with van der Waals surface area (Å²) < 4.78 is 18.3. The molecule has 10 heteroatoms. The van der Waals surface area contributed by atoms with Gasteiger partial charge < -0.3 is 19.5 Å². The summed E-state index contributed by atoms with van der Waals surface area (Å²) in [5, 5.41) is 5.85. The highest BCUT2D eigenvalue weighted by atomic mass is 32.1. The number of rotatable bonds is 11. The number of anilines is 2. The molecular formula is C28H35N5O4S. The van der Waals surface area contributed by atoms with Crippen molar-refractivity contribution in [2.45, 2.75) is 58.7 Å². The van der Waals surface area contributed by atoms with Gasteiger partial charge in [0.15, 0.2) is 0 Å². The van der Waals surface area contributed by atoms with Crippen molar-refractivity contribution in [2.24, 2.45) is 0 Å². The molecule has 1 fully saturated rings. The zero-order chi connectivity index (χ0) is 26.5. The summed E-state index contributed by atoms with van der Waals surface area (Å²) in [5.74, 6) is -0.423. The van der Waals surface area contributed by atoms with Crippen molar-refractivity contribution in [3.8, 4) is 10.6 Å². The largest absolute Gasteiger partial charge is 0.327 e. The van der Waals surface area contributed by atoms with E-state index in [1.807, 2.05) is 38.3 Å². The maximum absolute atomic E-state index is 13.1. The number of likely N-dealkylation sites (tertiary alicyclic amines) is 1. The Morgan fingerprint density at radius 3 is 2.53 bits per heavy atom. The predicted molar refractivity (Wildman–Crippen MR) is 148 cm³/mol. The smallest absolute Gasteiger partial charge is 0.327 e. The third kappa shape index (κ3) is 5.45. The van der Waals surface area contributed by atoms with Crippen LogP contribution in [0.5, 0.6) is 0 Å². The summed E-state index contributed by atoms with van der Waals surface area (Å²) in [6.45, 7) is 9.54. The molecular weight excluding hydrogens is 502 g/mol. The van der Waals surface area contributed by atoms with Crippen LogP contribution in [0, 0.1) is 0 Å². The summed E-state index contributed by atoms with van der Waals surface area (Å²) in [6.07, 6.45) is 5.47. The number of pyridine rings is 1. The first-order valence-corrected chi connectivity index (χ1v) is 14.2. The molecule has 38 heavy (non-hydrogen) atoms. The number of ether oxygens (including phenoxy) is 3. The Balaban J connectivity index is 1.31. The van der Waals surface area contributed by atoms with Crippen LogP contribution < -0.4 is 10.2 Å². The molecule has 0 aliphatic carbocycles. The zero-order valence-corrected chi connectivity index (χ0v) is 23.0. The molecule has 0 spiro atoms. The lowest BCUT2D eigenvalue weighted by Gasteiger charge is -2.41. The minimum atomic E-state index is -1.07. The monoisotopic (exact) mass is 537 g/mol. The van der Waals surface area contributed by atoms with Gasteiger partial charge in [-0.25, -0.2) is 9.78 Å². The second-order valence-corrected chi connectivity index (χ2v) is 10.1. The van der Waals surface area contributed by atoms with E-state index in [1.54, 1.807) is 17.3 Å². The number of thiazole rings is 1. The third-order valence-corrected chi connectivity index (χ3v) is 7.76. The first-order valence-electron chi connectivity index (χ1n) is 13.3. The predicted octanol–water partition coefficient (Wildman–Crippen LogP) is 5.48. The van der Waals surface area contributed by atoms with E-state index in [0.29, 0.717) is 38.7 Å². The molecule has 1 N–H and O–H groups in total. The van der Waals surface area contributed by atoms with Crippen LogP contribution in [0.1, 0.15) is 44.7 Å². The lowest BCUT2D eigenvalue weighted by Crippen LogP contribution is -2.55. The van der Waals surface area contributed by atoms with Gasteiger partial charge in [-0.05, 0) is 69.5 Å². The Morgan fingerprint density at radius 2 is 1.82 bits per heavy atom. The van der Waals surface area contributed by atoms with E-state index in [4.69, 9.17) is 19.2 Å². The fraction of sp³-hybridized carbons (Fsp3) is 0.464. The highest BCUT2D eigenvalue weighted by molar-refractivity contribution is 7.13. The minimum Gasteiger partial charge on any atom is -0.327 e. The fourth-order valence-electron chi connectivity index (χ4n) is 5.27. The molecule has 2 aliphatic rings. The fourth-order valence-corrected chi connectivity index (χ4v) is 6.09. The van der Waals surface area contributed by atoms with Gasteiger partial charge in [-0.1, -0.05) is 12.1 Å². The lowest BCUT2D eigenvalue weighted by atomic mass is 10.1. The van der Waals surface area contributed by atoms with E-state index >= 15 is 0 Å². The topological polar surface area (TPSA) is 89.0 Å². The van der Waals surface area contributed by atoms with Crippen LogP contribution in [0.25, 0.3) is 10.6 Å². The molecule has 1 aromatic carbocycles. The minimum absolute atomic E-state index is 0.0114. The number of carbonyl (C=O) groups excluding carboxylic acids is 1. The van der Waals surface area contributed by atoms with Crippen LogP contribution in [0.4, 0.5) is 16.3 Å². The highest BCUT2D eigenvalue weighted by Gasteiger charge is 2.47. The van der Waals surface area contributed by atoms with E-state index < -0.39 is 5.97 Å². The normalized spacial score (nSPS) is 18.0. The van der Waals surface area contributed by atoms with Gasteiger partial charge in [0.05, 0.1) is 12.6 Å². The molecule has 0 radical (unpaired) electrons. The van der Waals surface area contributed by atoms with Crippen molar-refractivity contribution >= 4 is 28.9 Å². The molecule has 202 valence electrons. The maximum Gasteiger partial charge on any atom is 0.327 e. The van der Waals surface area contributed by atoms with Crippen LogP contribution in [0.2, 0.25) is 0 Å². The zero-order valence-electron chi connectivity index (χ0n) is 22.2. The van der Waals surface area contributed by atoms with Crippen molar-refractivity contribution < 1.29 is 19.0 Å². The van der Waals surface area contributed by atoms with Crippen LogP contribution in [0.15, 0.2) is 48.1 Å². The quantitative estimate of drug-likeness (QED) is 0.324. The number of fused-ring (bicyclic) bond motifs is 1. The summed E-state index contributed by atoms with van der Waals surface area (Å²) in [4.78, 5) is 25.9. The van der Waals surface area contributed by atoms with Gasteiger partial charge in [0.1, 0.15) is 10.8 Å². The molecule has 3 aromatic rings. The van der Waals surface area contributed by atoms with Crippen molar-refractivity contribution in [2.75, 3.05) is 36.6 Å². The van der Waals surface area contributed by atoms with Gasteiger partial charge in [0, 0.05) is 55.4 Å². The molecule has 2 amide bonds. The first kappa shape index (κ1) is 26.7. The number of benzene rings is 1. The van der Waals surface area contributed by atoms with Gasteiger partial charge in [-0.3, -0.25) is 14.8 Å². The molecule has 5 rings (SSSR count). The average Bonchev–Trinajstić information content (AvgIpc) is 3.60. The van der Waals surface area contributed by atoms with E-state index in [1.165, 1.54) is 11.3 Å². The highest BCUT2D eigenvalue weighted by Crippen LogP contribution is 2.35. The van der Waals surface area contributed by atoms with Gasteiger partial charge in [0.25, 0.3) is 5.97 Å². The van der Waals surface area contributed by atoms with Crippen LogP contribution >= 0.6 is 11.3 Å². The van der Waals surface area contributed by atoms with Crippen molar-refractivity contribution in [3.05, 3.63) is 59.2 Å². The molecule has 0 bridgehead atoms. The molecule has 2 aliphatic heterocycles. The number of amides is 2. The number of nitrogens with one attached hydrogen (secondary N) is 1. The molecule has 9 nitrogen and oxygen atoms in total. The van der Waals surface area contributed by atoms with E-state index in [2.05, 4.69) is 33.4 Å². The average molecular weight is 538 g/mol. The summed E-state index contributed by atoms with van der Waals surface area (Å²) >= 11 is 1.52. The molecule has 1 atom stereocenters. The van der Waals surface area contributed by atoms with Crippen LogP contribution in [-0.2, 0) is 27.3 Å². The summed E-state index contributed by atoms with van der Waals surface area (Å²) in [7, 11) is 0. The van der Waals surface area contributed by atoms with Crippen molar-refractivity contribution in [1.82, 2.24) is 14.9 Å². The first-order chi connectivity index (χ1) is 18.6. The standard InChI is InChI=1S/C28H35N5O4S/c1-4-35-28(36-5-2,37-6-3)24-8-7-15-32(24)17-20-9-10-22-18-33(27(34)30-23(22)16-20)25-19-38-26(31-25)21-11-13-29-14-12-21/h9-14,16,19,24H,4-8,15,17-18H2,1-3H3,(H,30,34)/t24-/m1/s1. The van der Waals surface area contributed by atoms with Crippen molar-refractivity contribution in [1.29, 1.82) is 0 Å². The Bertz CT molecular complexity index is 1220. The summed E-state index contributed by atoms with van der Waals surface area (Å²) in [5.41, 5.74) is 4.00. The number of hydrogen-bond acceptors (Lipinski definition) is 8. The van der Waals surface area contributed by atoms with Gasteiger partial charge in [-0.2, -0.15) is 0 Å². The molecule has 0 unspecified atom stereocenters. The van der Waals surface area contributed by atoms with Gasteiger partial charge >= 0.3 is 6.03 Å². The Labute approximate surface area is 227 Å². The van der Waals surface area contributed by atoms with Crippen LogP contribution in [0.3, 0.4) is 0 Å². The van der Waals surface area contributed by atoms with E-state index in [0.717, 1.165) is 46.8 Å². The van der Waals surface area contributed by atoms with Crippen molar-refractivity contribution in [3.63, 3.8) is 0 Å². The number of nitrogens with zero attached hydrogens (tertiary/aromatic N) is 4. The molecule has 2 aromatic heterocycles. The van der Waals surface area contributed by atoms with E-state index in [-0.39, 0.29) is 12.1 Å². The number of carbonyl (C=O) groups is 1. The molecule has 0 saturated carbocycles. The second kappa shape index (κ2) is 11.9. The van der Waals surface area contributed by atoms with E-state index in [9.17, 15) is 4.79 Å². The third-order valence-electron chi connectivity index (χ3n) is 6.88. The number of urea groups is 1. The summed E-state index contributed by atoms with van der Waals surface area (Å²) in [6, 6.07) is 9.96. The van der Waals surface area contributed by atoms with Gasteiger partial charge in [-0.15, -0.1) is 11.3 Å². The Morgan fingerprint density at radius 1 is 1.08 bits per heavy atom. The van der Waals surface area contributed by atoms with Gasteiger partial charge in [0.2, 0.25) is 0 Å². The maximum atomic E-state index is 13.1. The number of hydrogen-bond donors (Lipinski definition) is 1. The Hall–Kier alpha value is -2.89. The Kier molecular flexibility index (Phi) is 8.35. The molecule has 4 heterocycles. The van der Waals surface area contributed by atoms with Crippen LogP contribution in [-0.4, -0.2) is 59.3 Å². The SMILES string of the molecule is CCOC(OCC)(OCC)[C@H]1CCCN1Cc1ccc2c(c1)NC(=O)N(c1csc(-c3ccncc3)n1)C2. The lowest BCUT2D eigenvalue weighted by molar-refractivity contribution is -0.398. The second-order valence-electron chi connectivity index (χ2n) is 9.29. The molecule has 1 saturated heterocycles. The number of aromatic nitrogens is 2.